The molecule has 1 aliphatic rings. The largest absolute Gasteiger partial charge is 0.326 e. The lowest BCUT2D eigenvalue weighted by Gasteiger charge is -2.24. The first-order chi connectivity index (χ1) is 14.1. The minimum absolute atomic E-state index is 0.0658. The van der Waals surface area contributed by atoms with Crippen molar-refractivity contribution in [1.29, 1.82) is 0 Å². The second-order valence-corrected chi connectivity index (χ2v) is 8.72. The fourth-order valence-electron chi connectivity index (χ4n) is 3.32. The highest BCUT2D eigenvalue weighted by molar-refractivity contribution is 7.99. The molecule has 0 bridgehead atoms. The molecule has 0 aliphatic carbocycles. The summed E-state index contributed by atoms with van der Waals surface area (Å²) >= 11 is 2.88. The number of benzene rings is 1. The normalized spacial score (nSPS) is 16.0. The summed E-state index contributed by atoms with van der Waals surface area (Å²) in [4.78, 5) is 37.4. The number of nitrogens with zero attached hydrogens (tertiary/aromatic N) is 3. The zero-order valence-electron chi connectivity index (χ0n) is 15.9. The first-order valence-corrected chi connectivity index (χ1v) is 11.0. The van der Waals surface area contributed by atoms with E-state index < -0.39 is 6.04 Å². The number of thiophene rings is 1. The Morgan fingerprint density at radius 2 is 2.03 bits per heavy atom. The predicted molar refractivity (Wildman–Crippen MR) is 114 cm³/mol. The average molecular weight is 425 g/mol. The molecule has 8 heteroatoms. The van der Waals surface area contributed by atoms with Crippen LogP contribution in [-0.4, -0.2) is 39.3 Å². The van der Waals surface area contributed by atoms with Crippen LogP contribution in [0, 0.1) is 6.92 Å². The topological polar surface area (TPSA) is 75.2 Å². The van der Waals surface area contributed by atoms with Gasteiger partial charge in [0.25, 0.3) is 5.91 Å². The monoisotopic (exact) mass is 424 g/mol. The number of likely N-dealkylation sites (tertiary alicyclic amines) is 1. The third-order valence-corrected chi connectivity index (χ3v) is 6.50. The van der Waals surface area contributed by atoms with Gasteiger partial charge < -0.3 is 10.2 Å². The van der Waals surface area contributed by atoms with Crippen LogP contribution in [0.3, 0.4) is 0 Å². The molecule has 1 saturated heterocycles. The lowest BCUT2D eigenvalue weighted by molar-refractivity contribution is -0.119. The van der Waals surface area contributed by atoms with Gasteiger partial charge in [0.1, 0.15) is 6.04 Å². The highest BCUT2D eigenvalue weighted by Crippen LogP contribution is 2.29. The summed E-state index contributed by atoms with van der Waals surface area (Å²) in [6, 6.07) is 10.8. The highest BCUT2D eigenvalue weighted by Gasteiger charge is 2.35. The molecule has 1 aromatic carbocycles. The van der Waals surface area contributed by atoms with Crippen LogP contribution in [0.1, 0.15) is 28.1 Å². The van der Waals surface area contributed by atoms with E-state index in [0.29, 0.717) is 23.0 Å². The molecule has 1 N–H and O–H groups in total. The number of carbonyl (C=O) groups excluding carboxylic acids is 2. The van der Waals surface area contributed by atoms with Gasteiger partial charge in [0.05, 0.1) is 4.88 Å². The van der Waals surface area contributed by atoms with Crippen LogP contribution in [0.15, 0.2) is 64.2 Å². The van der Waals surface area contributed by atoms with E-state index in [2.05, 4.69) is 15.3 Å². The number of anilines is 1. The van der Waals surface area contributed by atoms with Crippen LogP contribution < -0.4 is 5.32 Å². The minimum atomic E-state index is -0.434. The van der Waals surface area contributed by atoms with Gasteiger partial charge >= 0.3 is 0 Å². The standard InChI is InChI=1S/C21H20N4O2S2/c1-14-13-15(29-21-22-9-4-10-23-21)7-8-16(14)24-19(26)17-5-2-11-25(17)20(27)18-6-3-12-28-18/h3-4,6-10,12-13,17H,2,5,11H2,1H3,(H,24,26)/t17-/m0/s1. The fraction of sp³-hybridized carbons (Fsp3) is 0.238. The summed E-state index contributed by atoms with van der Waals surface area (Å²) in [5.41, 5.74) is 1.71. The zero-order valence-corrected chi connectivity index (χ0v) is 17.5. The van der Waals surface area contributed by atoms with E-state index in [1.54, 1.807) is 29.4 Å². The van der Waals surface area contributed by atoms with Crippen molar-refractivity contribution in [3.05, 3.63) is 64.6 Å². The first-order valence-electron chi connectivity index (χ1n) is 9.32. The molecule has 4 rings (SSSR count). The Kier molecular flexibility index (Phi) is 5.92. The second-order valence-electron chi connectivity index (χ2n) is 6.73. The molecule has 0 spiro atoms. The van der Waals surface area contributed by atoms with Gasteiger partial charge in [-0.25, -0.2) is 9.97 Å². The minimum Gasteiger partial charge on any atom is -0.326 e. The Morgan fingerprint density at radius 1 is 1.21 bits per heavy atom. The number of aromatic nitrogens is 2. The van der Waals surface area contributed by atoms with Crippen LogP contribution in [0.25, 0.3) is 0 Å². The van der Waals surface area contributed by atoms with Gasteiger partial charge in [-0.15, -0.1) is 11.3 Å². The van der Waals surface area contributed by atoms with Gasteiger partial charge in [-0.05, 0) is 72.8 Å². The number of rotatable bonds is 5. The molecule has 148 valence electrons. The molecule has 2 amide bonds. The lowest BCUT2D eigenvalue weighted by atomic mass is 10.1. The van der Waals surface area contributed by atoms with E-state index in [0.717, 1.165) is 22.6 Å². The Hall–Kier alpha value is -2.71. The maximum absolute atomic E-state index is 12.9. The smallest absolute Gasteiger partial charge is 0.264 e. The Morgan fingerprint density at radius 3 is 2.76 bits per heavy atom. The zero-order chi connectivity index (χ0) is 20.2. The summed E-state index contributed by atoms with van der Waals surface area (Å²) in [6.07, 6.45) is 4.94. The predicted octanol–water partition coefficient (Wildman–Crippen LogP) is 4.24. The van der Waals surface area contributed by atoms with Crippen molar-refractivity contribution in [3.8, 4) is 0 Å². The summed E-state index contributed by atoms with van der Waals surface area (Å²) < 4.78 is 0. The summed E-state index contributed by atoms with van der Waals surface area (Å²) in [6.45, 7) is 2.56. The number of hydrogen-bond acceptors (Lipinski definition) is 6. The van der Waals surface area contributed by atoms with Crippen molar-refractivity contribution < 1.29 is 9.59 Å². The maximum Gasteiger partial charge on any atom is 0.264 e. The molecule has 0 unspecified atom stereocenters. The van der Waals surface area contributed by atoms with Crippen LogP contribution >= 0.6 is 23.1 Å². The highest BCUT2D eigenvalue weighted by atomic mass is 32.2. The van der Waals surface area contributed by atoms with Crippen molar-refractivity contribution in [3.63, 3.8) is 0 Å². The molecular formula is C21H20N4O2S2. The third kappa shape index (κ3) is 4.49. The average Bonchev–Trinajstić information content (AvgIpc) is 3.42. The Labute approximate surface area is 177 Å². The summed E-state index contributed by atoms with van der Waals surface area (Å²) in [7, 11) is 0. The van der Waals surface area contributed by atoms with Gasteiger partial charge in [0.2, 0.25) is 5.91 Å². The van der Waals surface area contributed by atoms with Crippen LogP contribution in [0.5, 0.6) is 0 Å². The first kappa shape index (κ1) is 19.6. The van der Waals surface area contributed by atoms with Gasteiger partial charge in [-0.2, -0.15) is 0 Å². The van der Waals surface area contributed by atoms with E-state index in [9.17, 15) is 9.59 Å². The quantitative estimate of drug-likeness (QED) is 0.620. The number of aryl methyl sites for hydroxylation is 1. The molecule has 3 heterocycles. The summed E-state index contributed by atoms with van der Waals surface area (Å²) in [5, 5.41) is 5.56. The number of amides is 2. The number of carbonyl (C=O) groups is 2. The third-order valence-electron chi connectivity index (χ3n) is 4.76. The van der Waals surface area contributed by atoms with E-state index >= 15 is 0 Å². The van der Waals surface area contributed by atoms with Crippen molar-refractivity contribution in [2.75, 3.05) is 11.9 Å². The van der Waals surface area contributed by atoms with Crippen molar-refractivity contribution in [1.82, 2.24) is 14.9 Å². The van der Waals surface area contributed by atoms with Crippen LogP contribution in [0.4, 0.5) is 5.69 Å². The molecule has 29 heavy (non-hydrogen) atoms. The molecule has 1 fully saturated rings. The maximum atomic E-state index is 12.9. The molecule has 0 radical (unpaired) electrons. The fourth-order valence-corrected chi connectivity index (χ4v) is 4.81. The van der Waals surface area contributed by atoms with E-state index in [1.807, 2.05) is 36.6 Å². The van der Waals surface area contributed by atoms with Crippen molar-refractivity contribution >= 4 is 40.6 Å². The van der Waals surface area contributed by atoms with Gasteiger partial charge in [0.15, 0.2) is 5.16 Å². The van der Waals surface area contributed by atoms with Crippen LogP contribution in [-0.2, 0) is 4.79 Å². The molecule has 0 saturated carbocycles. The molecular weight excluding hydrogens is 404 g/mol. The number of nitrogens with one attached hydrogen (secondary N) is 1. The molecule has 1 atom stereocenters. The molecule has 1 aliphatic heterocycles. The Bertz CT molecular complexity index is 1010. The molecule has 2 aromatic heterocycles. The van der Waals surface area contributed by atoms with E-state index in [1.165, 1.54) is 23.1 Å². The van der Waals surface area contributed by atoms with E-state index in [-0.39, 0.29) is 11.8 Å². The van der Waals surface area contributed by atoms with Gasteiger partial charge in [0, 0.05) is 29.5 Å². The second kappa shape index (κ2) is 8.75. The van der Waals surface area contributed by atoms with Crippen molar-refractivity contribution in [2.45, 2.75) is 35.9 Å². The number of hydrogen-bond donors (Lipinski definition) is 1. The molecule has 3 aromatic rings. The van der Waals surface area contributed by atoms with Gasteiger partial charge in [-0.3, -0.25) is 9.59 Å². The lowest BCUT2D eigenvalue weighted by Crippen LogP contribution is -2.43. The van der Waals surface area contributed by atoms with Crippen molar-refractivity contribution in [2.24, 2.45) is 0 Å². The SMILES string of the molecule is Cc1cc(Sc2ncccn2)ccc1NC(=O)[C@@H]1CCCN1C(=O)c1cccs1. The Balaban J connectivity index is 1.44. The van der Waals surface area contributed by atoms with Gasteiger partial charge in [-0.1, -0.05) is 6.07 Å². The van der Waals surface area contributed by atoms with E-state index in [4.69, 9.17) is 0 Å². The molecule has 6 nitrogen and oxygen atoms in total. The van der Waals surface area contributed by atoms with Crippen LogP contribution in [0.2, 0.25) is 0 Å². The summed E-state index contributed by atoms with van der Waals surface area (Å²) in [5.74, 6) is -0.203.